The van der Waals surface area contributed by atoms with E-state index >= 15 is 0 Å². The Morgan fingerprint density at radius 2 is 2.39 bits per heavy atom. The molecule has 0 unspecified atom stereocenters. The van der Waals surface area contributed by atoms with E-state index in [4.69, 9.17) is 4.42 Å². The molecule has 0 aromatic carbocycles. The number of hydrogen-bond acceptors (Lipinski definition) is 6. The molecule has 1 aliphatic rings. The summed E-state index contributed by atoms with van der Waals surface area (Å²) >= 11 is 3.17. The molecule has 8 heteroatoms. The van der Waals surface area contributed by atoms with Crippen molar-refractivity contribution in [2.24, 2.45) is 0 Å². The summed E-state index contributed by atoms with van der Waals surface area (Å²) in [5.74, 6) is 1.01. The number of nitrogens with one attached hydrogen (secondary N) is 1. The molecule has 1 fully saturated rings. The fourth-order valence-corrected chi connectivity index (χ4v) is 4.16. The molecule has 1 N–H and O–H groups in total. The number of hydrogen-bond donors (Lipinski definition) is 1. The second kappa shape index (κ2) is 7.18. The fraction of sp³-hybridized carbons (Fsp3) is 0.400. The normalized spacial score (nSPS) is 17.4. The summed E-state index contributed by atoms with van der Waals surface area (Å²) in [4.78, 5) is 30.6. The smallest absolute Gasteiger partial charge is 0.290 e. The minimum Gasteiger partial charge on any atom is -0.459 e. The third-order valence-electron chi connectivity index (χ3n) is 3.52. The molecule has 3 heterocycles. The van der Waals surface area contributed by atoms with Gasteiger partial charge in [0.15, 0.2) is 5.76 Å². The molecule has 0 bridgehead atoms. The maximum Gasteiger partial charge on any atom is 0.290 e. The molecular formula is C15H17N3O3S2. The summed E-state index contributed by atoms with van der Waals surface area (Å²) < 4.78 is 5.14. The van der Waals surface area contributed by atoms with Crippen LogP contribution in [0.2, 0.25) is 0 Å². The molecule has 3 rings (SSSR count). The maximum atomic E-state index is 12.4. The first-order valence-electron chi connectivity index (χ1n) is 7.26. The fourth-order valence-electron chi connectivity index (χ4n) is 2.36. The van der Waals surface area contributed by atoms with Gasteiger partial charge in [-0.1, -0.05) is 0 Å². The van der Waals surface area contributed by atoms with E-state index in [1.54, 1.807) is 40.1 Å². The van der Waals surface area contributed by atoms with Crippen molar-refractivity contribution in [3.8, 4) is 0 Å². The maximum absolute atomic E-state index is 12.4. The van der Waals surface area contributed by atoms with Crippen LogP contribution in [0.3, 0.4) is 0 Å². The molecule has 6 nitrogen and oxygen atoms in total. The summed E-state index contributed by atoms with van der Waals surface area (Å²) in [6.45, 7) is 2.48. The van der Waals surface area contributed by atoms with E-state index in [-0.39, 0.29) is 17.6 Å². The Hall–Kier alpha value is -1.80. The predicted molar refractivity (Wildman–Crippen MR) is 89.6 cm³/mol. The second-order valence-electron chi connectivity index (χ2n) is 5.17. The number of thioether (sulfide) groups is 1. The third-order valence-corrected chi connectivity index (χ3v) is 5.36. The van der Waals surface area contributed by atoms with Gasteiger partial charge in [0.05, 0.1) is 22.8 Å². The first-order valence-corrected chi connectivity index (χ1v) is 9.29. The van der Waals surface area contributed by atoms with Crippen molar-refractivity contribution in [3.05, 3.63) is 40.2 Å². The number of furan rings is 1. The van der Waals surface area contributed by atoms with Crippen LogP contribution in [-0.2, 0) is 11.2 Å². The minimum absolute atomic E-state index is 0.123. The average Bonchev–Trinajstić information content (AvgIpc) is 3.28. The number of aromatic nitrogens is 1. The van der Waals surface area contributed by atoms with Crippen LogP contribution in [-0.4, -0.2) is 45.9 Å². The number of carbonyl (C=O) groups is 2. The Kier molecular flexibility index (Phi) is 5.02. The highest BCUT2D eigenvalue weighted by atomic mass is 32.2. The van der Waals surface area contributed by atoms with E-state index < -0.39 is 6.04 Å². The lowest BCUT2D eigenvalue weighted by molar-refractivity contribution is -0.124. The lowest BCUT2D eigenvalue weighted by Gasteiger charge is -2.22. The molecule has 1 aliphatic heterocycles. The zero-order chi connectivity index (χ0) is 16.2. The van der Waals surface area contributed by atoms with Gasteiger partial charge in [0.1, 0.15) is 6.04 Å². The number of thiazole rings is 1. The van der Waals surface area contributed by atoms with Crippen molar-refractivity contribution >= 4 is 34.9 Å². The first-order chi connectivity index (χ1) is 11.1. The van der Waals surface area contributed by atoms with Gasteiger partial charge in [-0.05, 0) is 19.1 Å². The topological polar surface area (TPSA) is 75.4 Å². The number of amides is 2. The van der Waals surface area contributed by atoms with Crippen molar-refractivity contribution < 1.29 is 14.0 Å². The van der Waals surface area contributed by atoms with Gasteiger partial charge in [-0.15, -0.1) is 23.1 Å². The number of carbonyl (C=O) groups excluding carboxylic acids is 2. The van der Waals surface area contributed by atoms with E-state index in [0.29, 0.717) is 24.6 Å². The number of rotatable bonds is 5. The lowest BCUT2D eigenvalue weighted by atomic mass is 10.2. The molecule has 0 spiro atoms. The van der Waals surface area contributed by atoms with E-state index in [9.17, 15) is 9.59 Å². The van der Waals surface area contributed by atoms with Crippen molar-refractivity contribution in [2.75, 3.05) is 18.2 Å². The SMILES string of the molecule is Cc1nc(CCNC(=O)[C@H]2CSCN2C(=O)c2ccco2)cs1. The van der Waals surface area contributed by atoms with Crippen molar-refractivity contribution in [1.29, 1.82) is 0 Å². The summed E-state index contributed by atoms with van der Waals surface area (Å²) in [6.07, 6.45) is 2.16. The average molecular weight is 351 g/mol. The van der Waals surface area contributed by atoms with Crippen molar-refractivity contribution in [2.45, 2.75) is 19.4 Å². The van der Waals surface area contributed by atoms with E-state index in [0.717, 1.165) is 10.7 Å². The summed E-state index contributed by atoms with van der Waals surface area (Å²) in [5, 5.41) is 5.92. The van der Waals surface area contributed by atoms with Gasteiger partial charge in [-0.3, -0.25) is 9.59 Å². The Bertz CT molecular complexity index is 684. The lowest BCUT2D eigenvalue weighted by Crippen LogP contribution is -2.47. The van der Waals surface area contributed by atoms with Crippen LogP contribution >= 0.6 is 23.1 Å². The molecule has 2 amide bonds. The monoisotopic (exact) mass is 351 g/mol. The quantitative estimate of drug-likeness (QED) is 0.891. The molecular weight excluding hydrogens is 334 g/mol. The van der Waals surface area contributed by atoms with E-state index in [1.807, 2.05) is 12.3 Å². The molecule has 0 radical (unpaired) electrons. The first kappa shape index (κ1) is 16.1. The van der Waals surface area contributed by atoms with Crippen molar-refractivity contribution in [3.63, 3.8) is 0 Å². The zero-order valence-corrected chi connectivity index (χ0v) is 14.3. The highest BCUT2D eigenvalue weighted by molar-refractivity contribution is 7.99. The molecule has 122 valence electrons. The molecule has 2 aromatic rings. The molecule has 23 heavy (non-hydrogen) atoms. The van der Waals surface area contributed by atoms with Gasteiger partial charge < -0.3 is 14.6 Å². The third kappa shape index (κ3) is 3.76. The Labute approximate surface area is 142 Å². The van der Waals surface area contributed by atoms with Crippen LogP contribution in [0, 0.1) is 6.92 Å². The minimum atomic E-state index is -0.449. The van der Waals surface area contributed by atoms with Crippen LogP contribution < -0.4 is 5.32 Å². The van der Waals surface area contributed by atoms with Crippen LogP contribution in [0.15, 0.2) is 28.2 Å². The predicted octanol–water partition coefficient (Wildman–Crippen LogP) is 1.92. The van der Waals surface area contributed by atoms with Gasteiger partial charge in [-0.25, -0.2) is 4.98 Å². The largest absolute Gasteiger partial charge is 0.459 e. The molecule has 2 aromatic heterocycles. The van der Waals surface area contributed by atoms with Gasteiger partial charge in [0, 0.05) is 24.1 Å². The van der Waals surface area contributed by atoms with Gasteiger partial charge in [0.2, 0.25) is 5.91 Å². The van der Waals surface area contributed by atoms with Gasteiger partial charge >= 0.3 is 0 Å². The number of nitrogens with zero attached hydrogens (tertiary/aromatic N) is 2. The highest BCUT2D eigenvalue weighted by Crippen LogP contribution is 2.23. The van der Waals surface area contributed by atoms with Gasteiger partial charge in [-0.2, -0.15) is 0 Å². The highest BCUT2D eigenvalue weighted by Gasteiger charge is 2.35. The molecule has 1 atom stereocenters. The summed E-state index contributed by atoms with van der Waals surface area (Å²) in [6, 6.07) is 2.83. The number of aryl methyl sites for hydroxylation is 1. The van der Waals surface area contributed by atoms with Gasteiger partial charge in [0.25, 0.3) is 5.91 Å². The summed E-state index contributed by atoms with van der Waals surface area (Å²) in [7, 11) is 0. The standard InChI is InChI=1S/C15H17N3O3S2/c1-10-17-11(7-23-10)4-5-16-14(19)12-8-22-9-18(12)15(20)13-3-2-6-21-13/h2-3,6-7,12H,4-5,8-9H2,1H3,(H,16,19)/t12-/m1/s1. The Morgan fingerprint density at radius 3 is 3.09 bits per heavy atom. The molecule has 1 saturated heterocycles. The van der Waals surface area contributed by atoms with Crippen LogP contribution in [0.5, 0.6) is 0 Å². The Balaban J connectivity index is 1.54. The summed E-state index contributed by atoms with van der Waals surface area (Å²) in [5.41, 5.74) is 0.983. The van der Waals surface area contributed by atoms with E-state index in [2.05, 4.69) is 10.3 Å². The van der Waals surface area contributed by atoms with Crippen LogP contribution in [0.4, 0.5) is 0 Å². The van der Waals surface area contributed by atoms with Crippen LogP contribution in [0.1, 0.15) is 21.3 Å². The zero-order valence-electron chi connectivity index (χ0n) is 12.7. The Morgan fingerprint density at radius 1 is 1.52 bits per heavy atom. The molecule has 0 aliphatic carbocycles. The molecule has 0 saturated carbocycles. The van der Waals surface area contributed by atoms with Crippen LogP contribution in [0.25, 0.3) is 0 Å². The second-order valence-corrected chi connectivity index (χ2v) is 7.23. The van der Waals surface area contributed by atoms with E-state index in [1.165, 1.54) is 6.26 Å². The van der Waals surface area contributed by atoms with Crippen molar-refractivity contribution in [1.82, 2.24) is 15.2 Å².